The maximum absolute atomic E-state index is 3.16. The summed E-state index contributed by atoms with van der Waals surface area (Å²) >= 11 is 1.77. The average molecular weight is 220 g/mol. The lowest BCUT2D eigenvalue weighted by Gasteiger charge is -2.00. The molecule has 2 aromatic rings. The highest BCUT2D eigenvalue weighted by atomic mass is 32.1. The number of hydrogen-bond donors (Lipinski definition) is 1. The normalized spacial score (nSPS) is 10.7. The van der Waals surface area contributed by atoms with Crippen LogP contribution in [0.5, 0.6) is 0 Å². The third-order valence-electron chi connectivity index (χ3n) is 2.43. The monoisotopic (exact) mass is 220 g/mol. The second-order valence-corrected chi connectivity index (χ2v) is 4.45. The molecule has 0 aromatic carbocycles. The third kappa shape index (κ3) is 2.94. The molecule has 0 unspecified atom stereocenters. The number of rotatable bonds is 5. The van der Waals surface area contributed by atoms with Crippen molar-refractivity contribution in [1.29, 1.82) is 0 Å². The molecule has 80 valence electrons. The lowest BCUT2D eigenvalue weighted by molar-refractivity contribution is 0.697. The van der Waals surface area contributed by atoms with Gasteiger partial charge in [0.15, 0.2) is 0 Å². The molecular weight excluding hydrogens is 204 g/mol. The zero-order chi connectivity index (χ0) is 10.5. The molecule has 0 saturated heterocycles. The minimum atomic E-state index is 0.950. The van der Waals surface area contributed by atoms with Gasteiger partial charge in [0.05, 0.1) is 0 Å². The fourth-order valence-corrected chi connectivity index (χ4v) is 2.33. The van der Waals surface area contributed by atoms with Crippen molar-refractivity contribution in [3.8, 4) is 0 Å². The maximum atomic E-state index is 3.16. The van der Waals surface area contributed by atoms with E-state index in [9.17, 15) is 0 Å². The minimum Gasteiger partial charge on any atom is -0.354 e. The van der Waals surface area contributed by atoms with Gasteiger partial charge in [0.2, 0.25) is 0 Å². The van der Waals surface area contributed by atoms with Gasteiger partial charge in [0, 0.05) is 25.5 Å². The van der Waals surface area contributed by atoms with E-state index in [2.05, 4.69) is 45.2 Å². The van der Waals surface area contributed by atoms with Gasteiger partial charge >= 0.3 is 0 Å². The van der Waals surface area contributed by atoms with Crippen LogP contribution in [-0.4, -0.2) is 11.6 Å². The highest BCUT2D eigenvalue weighted by molar-refractivity contribution is 7.07. The number of aromatic nitrogens is 1. The standard InChI is InChI=1S/C12H16N2S/c1-13-8-12-3-6-14(9-12)5-2-11-4-7-15-10-11/h3-4,6-7,9-10,13H,2,5,8H2,1H3. The van der Waals surface area contributed by atoms with E-state index in [0.717, 1.165) is 19.5 Å². The Morgan fingerprint density at radius 2 is 2.27 bits per heavy atom. The van der Waals surface area contributed by atoms with Gasteiger partial charge in [-0.1, -0.05) is 0 Å². The number of hydrogen-bond acceptors (Lipinski definition) is 2. The van der Waals surface area contributed by atoms with E-state index in [-0.39, 0.29) is 0 Å². The van der Waals surface area contributed by atoms with Crippen molar-refractivity contribution in [2.75, 3.05) is 7.05 Å². The van der Waals surface area contributed by atoms with Gasteiger partial charge in [-0.25, -0.2) is 0 Å². The molecule has 2 heterocycles. The molecule has 0 saturated carbocycles. The van der Waals surface area contributed by atoms with Gasteiger partial charge in [-0.2, -0.15) is 11.3 Å². The largest absolute Gasteiger partial charge is 0.354 e. The fourth-order valence-electron chi connectivity index (χ4n) is 1.63. The molecule has 2 aromatic heterocycles. The average Bonchev–Trinajstić information content (AvgIpc) is 2.85. The van der Waals surface area contributed by atoms with Crippen LogP contribution in [0.15, 0.2) is 35.3 Å². The first kappa shape index (κ1) is 10.5. The van der Waals surface area contributed by atoms with Crippen LogP contribution in [0.25, 0.3) is 0 Å². The van der Waals surface area contributed by atoms with Gasteiger partial charge in [0.25, 0.3) is 0 Å². The highest BCUT2D eigenvalue weighted by Crippen LogP contribution is 2.08. The van der Waals surface area contributed by atoms with Crippen LogP contribution in [-0.2, 0) is 19.5 Å². The van der Waals surface area contributed by atoms with Crippen molar-refractivity contribution in [3.63, 3.8) is 0 Å². The van der Waals surface area contributed by atoms with Gasteiger partial charge in [0.1, 0.15) is 0 Å². The van der Waals surface area contributed by atoms with Crippen LogP contribution < -0.4 is 5.32 Å². The van der Waals surface area contributed by atoms with E-state index < -0.39 is 0 Å². The number of aryl methyl sites for hydroxylation is 2. The van der Waals surface area contributed by atoms with Gasteiger partial charge in [-0.3, -0.25) is 0 Å². The molecular formula is C12H16N2S. The number of nitrogens with zero attached hydrogens (tertiary/aromatic N) is 1. The molecule has 1 N–H and O–H groups in total. The Hall–Kier alpha value is -1.06. The Bertz CT molecular complexity index is 389. The molecule has 2 nitrogen and oxygen atoms in total. The van der Waals surface area contributed by atoms with Crippen molar-refractivity contribution in [3.05, 3.63) is 46.4 Å². The summed E-state index contributed by atoms with van der Waals surface area (Å²) in [5, 5.41) is 7.51. The van der Waals surface area contributed by atoms with Crippen molar-refractivity contribution >= 4 is 11.3 Å². The number of nitrogens with one attached hydrogen (secondary N) is 1. The second kappa shape index (κ2) is 5.14. The molecule has 0 aliphatic carbocycles. The topological polar surface area (TPSA) is 17.0 Å². The predicted octanol–water partition coefficient (Wildman–Crippen LogP) is 2.51. The molecule has 2 rings (SSSR count). The molecule has 0 bridgehead atoms. The first-order valence-electron chi connectivity index (χ1n) is 5.19. The molecule has 0 radical (unpaired) electrons. The molecule has 15 heavy (non-hydrogen) atoms. The van der Waals surface area contributed by atoms with Crippen molar-refractivity contribution in [2.45, 2.75) is 19.5 Å². The van der Waals surface area contributed by atoms with E-state index in [4.69, 9.17) is 0 Å². The second-order valence-electron chi connectivity index (χ2n) is 3.67. The van der Waals surface area contributed by atoms with E-state index >= 15 is 0 Å². The minimum absolute atomic E-state index is 0.950. The Kier molecular flexibility index (Phi) is 3.59. The van der Waals surface area contributed by atoms with Crippen LogP contribution in [0.2, 0.25) is 0 Å². The molecule has 0 aliphatic heterocycles. The van der Waals surface area contributed by atoms with Gasteiger partial charge < -0.3 is 9.88 Å². The van der Waals surface area contributed by atoms with Gasteiger partial charge in [-0.05, 0) is 47.5 Å². The first-order valence-corrected chi connectivity index (χ1v) is 6.13. The van der Waals surface area contributed by atoms with Crippen LogP contribution >= 0.6 is 11.3 Å². The SMILES string of the molecule is CNCc1ccn(CCc2ccsc2)c1. The molecule has 0 fully saturated rings. The zero-order valence-electron chi connectivity index (χ0n) is 8.94. The molecule has 0 atom stereocenters. The molecule has 0 aliphatic rings. The highest BCUT2D eigenvalue weighted by Gasteiger charge is 1.97. The molecule has 3 heteroatoms. The van der Waals surface area contributed by atoms with E-state index in [1.165, 1.54) is 11.1 Å². The van der Waals surface area contributed by atoms with E-state index in [0.29, 0.717) is 0 Å². The summed E-state index contributed by atoms with van der Waals surface area (Å²) < 4.78 is 2.25. The van der Waals surface area contributed by atoms with E-state index in [1.54, 1.807) is 11.3 Å². The summed E-state index contributed by atoms with van der Waals surface area (Å²) in [5.41, 5.74) is 2.78. The van der Waals surface area contributed by atoms with Crippen LogP contribution in [0.1, 0.15) is 11.1 Å². The van der Waals surface area contributed by atoms with Crippen LogP contribution in [0, 0.1) is 0 Å². The summed E-state index contributed by atoms with van der Waals surface area (Å²) in [6, 6.07) is 4.37. The van der Waals surface area contributed by atoms with Crippen LogP contribution in [0.3, 0.4) is 0 Å². The van der Waals surface area contributed by atoms with Gasteiger partial charge in [-0.15, -0.1) is 0 Å². The zero-order valence-corrected chi connectivity index (χ0v) is 9.76. The Morgan fingerprint density at radius 1 is 1.33 bits per heavy atom. The Labute approximate surface area is 94.6 Å². The predicted molar refractivity (Wildman–Crippen MR) is 65.2 cm³/mol. The number of thiophene rings is 1. The smallest absolute Gasteiger partial charge is 0.0260 e. The summed E-state index contributed by atoms with van der Waals surface area (Å²) in [7, 11) is 1.97. The molecule has 0 amide bonds. The summed E-state index contributed by atoms with van der Waals surface area (Å²) in [4.78, 5) is 0. The fraction of sp³-hybridized carbons (Fsp3) is 0.333. The third-order valence-corrected chi connectivity index (χ3v) is 3.16. The van der Waals surface area contributed by atoms with Crippen LogP contribution in [0.4, 0.5) is 0 Å². The first-order chi connectivity index (χ1) is 7.38. The quantitative estimate of drug-likeness (QED) is 0.819. The van der Waals surface area contributed by atoms with E-state index in [1.807, 2.05) is 7.05 Å². The van der Waals surface area contributed by atoms with Crippen molar-refractivity contribution in [2.24, 2.45) is 0 Å². The molecule has 0 spiro atoms. The lowest BCUT2D eigenvalue weighted by Crippen LogP contribution is -2.04. The lowest BCUT2D eigenvalue weighted by atomic mass is 10.2. The van der Waals surface area contributed by atoms with Crippen molar-refractivity contribution in [1.82, 2.24) is 9.88 Å². The Morgan fingerprint density at radius 3 is 3.00 bits per heavy atom. The summed E-state index contributed by atoms with van der Waals surface area (Å²) in [6.07, 6.45) is 5.49. The summed E-state index contributed by atoms with van der Waals surface area (Å²) in [5.74, 6) is 0. The summed E-state index contributed by atoms with van der Waals surface area (Å²) in [6.45, 7) is 2.02. The van der Waals surface area contributed by atoms with Crippen molar-refractivity contribution < 1.29 is 0 Å². The Balaban J connectivity index is 1.88. The maximum Gasteiger partial charge on any atom is 0.0260 e.